The predicted molar refractivity (Wildman–Crippen MR) is 78.2 cm³/mol. The van der Waals surface area contributed by atoms with E-state index in [0.717, 1.165) is 0 Å². The molecule has 0 bridgehead atoms. The van der Waals surface area contributed by atoms with Crippen LogP contribution in [0.1, 0.15) is 39.0 Å². The maximum absolute atomic E-state index is 13.5. The maximum Gasteiger partial charge on any atom is 0.139 e. The summed E-state index contributed by atoms with van der Waals surface area (Å²) in [7, 11) is 0. The SMILES string of the molecule is CC(Nc1cc(F)c(Br)cc1N)C1CCCCC1. The van der Waals surface area contributed by atoms with Crippen LogP contribution < -0.4 is 11.1 Å². The first-order valence-corrected chi connectivity index (χ1v) is 7.38. The van der Waals surface area contributed by atoms with Crippen LogP contribution in [0.15, 0.2) is 16.6 Å². The van der Waals surface area contributed by atoms with E-state index in [2.05, 4.69) is 28.2 Å². The molecule has 4 heteroatoms. The van der Waals surface area contributed by atoms with Crippen molar-refractivity contribution in [1.82, 2.24) is 0 Å². The lowest BCUT2D eigenvalue weighted by Crippen LogP contribution is -2.28. The molecule has 1 fully saturated rings. The lowest BCUT2D eigenvalue weighted by molar-refractivity contribution is 0.328. The van der Waals surface area contributed by atoms with Gasteiger partial charge in [0, 0.05) is 12.1 Å². The maximum atomic E-state index is 13.5. The van der Waals surface area contributed by atoms with E-state index >= 15 is 0 Å². The van der Waals surface area contributed by atoms with Gasteiger partial charge in [-0.05, 0) is 47.7 Å². The average molecular weight is 315 g/mol. The molecule has 0 heterocycles. The van der Waals surface area contributed by atoms with Crippen molar-refractivity contribution >= 4 is 27.3 Å². The first-order chi connectivity index (χ1) is 8.58. The molecule has 0 amide bonds. The topological polar surface area (TPSA) is 38.0 Å². The number of rotatable bonds is 3. The van der Waals surface area contributed by atoms with E-state index in [0.29, 0.717) is 27.8 Å². The highest BCUT2D eigenvalue weighted by atomic mass is 79.9. The van der Waals surface area contributed by atoms with Crippen molar-refractivity contribution in [2.75, 3.05) is 11.1 Å². The second-order valence-electron chi connectivity index (χ2n) is 5.18. The molecule has 0 radical (unpaired) electrons. The molecular formula is C14H20BrFN2. The van der Waals surface area contributed by atoms with Crippen LogP contribution in [0.25, 0.3) is 0 Å². The Hall–Kier alpha value is -0.770. The molecule has 3 N–H and O–H groups in total. The molecule has 1 aromatic carbocycles. The number of nitrogens with two attached hydrogens (primary N) is 1. The van der Waals surface area contributed by atoms with Gasteiger partial charge in [0.15, 0.2) is 0 Å². The summed E-state index contributed by atoms with van der Waals surface area (Å²) in [6, 6.07) is 3.43. The fourth-order valence-corrected chi connectivity index (χ4v) is 3.05. The normalized spacial score (nSPS) is 18.6. The van der Waals surface area contributed by atoms with Crippen molar-refractivity contribution in [3.63, 3.8) is 0 Å². The van der Waals surface area contributed by atoms with Crippen LogP contribution in [0.5, 0.6) is 0 Å². The summed E-state index contributed by atoms with van der Waals surface area (Å²) in [5.74, 6) is 0.396. The summed E-state index contributed by atoms with van der Waals surface area (Å²) < 4.78 is 13.9. The van der Waals surface area contributed by atoms with Crippen LogP contribution in [-0.2, 0) is 0 Å². The molecule has 1 saturated carbocycles. The largest absolute Gasteiger partial charge is 0.397 e. The second-order valence-corrected chi connectivity index (χ2v) is 6.04. The molecule has 1 aliphatic carbocycles. The van der Waals surface area contributed by atoms with Gasteiger partial charge in [0.2, 0.25) is 0 Å². The Morgan fingerprint density at radius 1 is 1.33 bits per heavy atom. The number of hydrogen-bond acceptors (Lipinski definition) is 2. The second kappa shape index (κ2) is 5.91. The van der Waals surface area contributed by atoms with E-state index in [1.165, 1.54) is 38.2 Å². The molecule has 1 aromatic rings. The molecule has 2 rings (SSSR count). The van der Waals surface area contributed by atoms with E-state index in [9.17, 15) is 4.39 Å². The lowest BCUT2D eigenvalue weighted by atomic mass is 9.84. The summed E-state index contributed by atoms with van der Waals surface area (Å²) in [5, 5.41) is 3.36. The quantitative estimate of drug-likeness (QED) is 0.803. The van der Waals surface area contributed by atoms with Crippen molar-refractivity contribution in [3.05, 3.63) is 22.4 Å². The molecule has 2 nitrogen and oxygen atoms in total. The molecule has 100 valence electrons. The zero-order valence-corrected chi connectivity index (χ0v) is 12.3. The van der Waals surface area contributed by atoms with Crippen molar-refractivity contribution in [1.29, 1.82) is 0 Å². The summed E-state index contributed by atoms with van der Waals surface area (Å²) in [4.78, 5) is 0. The molecule has 1 atom stereocenters. The fourth-order valence-electron chi connectivity index (χ4n) is 2.68. The van der Waals surface area contributed by atoms with E-state index in [-0.39, 0.29) is 5.82 Å². The van der Waals surface area contributed by atoms with Crippen molar-refractivity contribution in [3.8, 4) is 0 Å². The van der Waals surface area contributed by atoms with Crippen LogP contribution in [0, 0.1) is 11.7 Å². The molecule has 1 unspecified atom stereocenters. The van der Waals surface area contributed by atoms with Crippen LogP contribution in [0.2, 0.25) is 0 Å². The number of nitrogen functional groups attached to an aromatic ring is 1. The predicted octanol–water partition coefficient (Wildman–Crippen LogP) is 4.55. The Labute approximate surface area is 116 Å². The number of benzene rings is 1. The van der Waals surface area contributed by atoms with Gasteiger partial charge in [-0.25, -0.2) is 4.39 Å². The van der Waals surface area contributed by atoms with Gasteiger partial charge in [0.25, 0.3) is 0 Å². The third-order valence-electron chi connectivity index (χ3n) is 3.83. The molecule has 0 aromatic heterocycles. The third-order valence-corrected chi connectivity index (χ3v) is 4.44. The molecule has 0 saturated heterocycles. The highest BCUT2D eigenvalue weighted by Gasteiger charge is 2.20. The van der Waals surface area contributed by atoms with Gasteiger partial charge in [-0.2, -0.15) is 0 Å². The standard InChI is InChI=1S/C14H20BrFN2/c1-9(10-5-3-2-4-6-10)18-14-8-12(16)11(15)7-13(14)17/h7-10,18H,2-6,17H2,1H3. The van der Waals surface area contributed by atoms with Gasteiger partial charge < -0.3 is 11.1 Å². The minimum absolute atomic E-state index is 0.275. The highest BCUT2D eigenvalue weighted by Crippen LogP contribution is 2.31. The molecule has 1 aliphatic rings. The van der Waals surface area contributed by atoms with Gasteiger partial charge in [0.1, 0.15) is 5.82 Å². The zero-order chi connectivity index (χ0) is 13.1. The van der Waals surface area contributed by atoms with E-state index in [1.54, 1.807) is 6.07 Å². The van der Waals surface area contributed by atoms with Gasteiger partial charge in [-0.3, -0.25) is 0 Å². The van der Waals surface area contributed by atoms with Gasteiger partial charge in [0.05, 0.1) is 15.8 Å². The molecular weight excluding hydrogens is 295 g/mol. The van der Waals surface area contributed by atoms with Crippen LogP contribution >= 0.6 is 15.9 Å². The Morgan fingerprint density at radius 2 is 2.00 bits per heavy atom. The third kappa shape index (κ3) is 3.16. The fraction of sp³-hybridized carbons (Fsp3) is 0.571. The van der Waals surface area contributed by atoms with Crippen LogP contribution in [-0.4, -0.2) is 6.04 Å². The van der Waals surface area contributed by atoms with Gasteiger partial charge >= 0.3 is 0 Å². The summed E-state index contributed by atoms with van der Waals surface area (Å²) >= 11 is 3.14. The van der Waals surface area contributed by atoms with Gasteiger partial charge in [-0.1, -0.05) is 19.3 Å². The van der Waals surface area contributed by atoms with E-state index in [4.69, 9.17) is 5.73 Å². The Bertz CT molecular complexity index is 417. The van der Waals surface area contributed by atoms with Crippen molar-refractivity contribution in [2.45, 2.75) is 45.1 Å². The van der Waals surface area contributed by atoms with E-state index < -0.39 is 0 Å². The summed E-state index contributed by atoms with van der Waals surface area (Å²) in [5.41, 5.74) is 7.20. The monoisotopic (exact) mass is 314 g/mol. The zero-order valence-electron chi connectivity index (χ0n) is 10.7. The molecule has 18 heavy (non-hydrogen) atoms. The summed E-state index contributed by atoms with van der Waals surface area (Å²) in [6.07, 6.45) is 6.47. The minimum Gasteiger partial charge on any atom is -0.397 e. The van der Waals surface area contributed by atoms with E-state index in [1.807, 2.05) is 0 Å². The average Bonchev–Trinajstić information content (AvgIpc) is 2.37. The Morgan fingerprint density at radius 3 is 2.67 bits per heavy atom. The van der Waals surface area contributed by atoms with Crippen LogP contribution in [0.3, 0.4) is 0 Å². The first-order valence-electron chi connectivity index (χ1n) is 6.59. The lowest BCUT2D eigenvalue weighted by Gasteiger charge is -2.29. The number of halogens is 2. The summed E-state index contributed by atoms with van der Waals surface area (Å²) in [6.45, 7) is 2.16. The van der Waals surface area contributed by atoms with Crippen LogP contribution in [0.4, 0.5) is 15.8 Å². The Kier molecular flexibility index (Phi) is 4.49. The smallest absolute Gasteiger partial charge is 0.139 e. The molecule has 0 spiro atoms. The number of hydrogen-bond donors (Lipinski definition) is 2. The molecule has 0 aliphatic heterocycles. The van der Waals surface area contributed by atoms with Crippen molar-refractivity contribution in [2.24, 2.45) is 5.92 Å². The number of nitrogens with one attached hydrogen (secondary N) is 1. The van der Waals surface area contributed by atoms with Crippen molar-refractivity contribution < 1.29 is 4.39 Å². The highest BCUT2D eigenvalue weighted by molar-refractivity contribution is 9.10. The Balaban J connectivity index is 2.06. The minimum atomic E-state index is -0.275. The number of anilines is 2. The first kappa shape index (κ1) is 13.7. The van der Waals surface area contributed by atoms with Gasteiger partial charge in [-0.15, -0.1) is 0 Å².